The molecule has 0 aromatic heterocycles. The number of halogens is 1. The maximum Gasteiger partial charge on any atom is 0.224 e. The molecule has 0 bridgehead atoms. The molecule has 19 heavy (non-hydrogen) atoms. The first-order chi connectivity index (χ1) is 11.5. The molecule has 2 aromatic rings. The highest BCUT2D eigenvalue weighted by Crippen LogP contribution is 2.21. The van der Waals surface area contributed by atoms with E-state index in [1.807, 2.05) is 0 Å². The average Bonchev–Trinajstić information content (AvgIpc) is 2.44. The van der Waals surface area contributed by atoms with Crippen LogP contribution in [-0.4, -0.2) is 20.0 Å². The highest BCUT2D eigenvalue weighted by atomic mass is 19.1. The quantitative estimate of drug-likeness (QED) is 0.627. The smallest absolute Gasteiger partial charge is 0.224 e. The van der Waals surface area contributed by atoms with E-state index in [4.69, 9.17) is 17.7 Å². The molecule has 0 radical (unpaired) electrons. The van der Waals surface area contributed by atoms with Crippen molar-refractivity contribution in [2.45, 2.75) is 0 Å². The zero-order valence-electron chi connectivity index (χ0n) is 15.8. The van der Waals surface area contributed by atoms with Gasteiger partial charge in [0.25, 0.3) is 0 Å². The summed E-state index contributed by atoms with van der Waals surface area (Å²) in [6.45, 7) is 0. The van der Waals surface area contributed by atoms with Gasteiger partial charge in [0.1, 0.15) is 11.6 Å². The second-order valence-electron chi connectivity index (χ2n) is 3.60. The monoisotopic (exact) mass is 265 g/mol. The molecule has 3 nitrogen and oxygen atoms in total. The van der Waals surface area contributed by atoms with Gasteiger partial charge in [-0.2, -0.15) is 0 Å². The average molecular weight is 265 g/mol. The molecule has 0 fully saturated rings. The molecule has 0 N–H and O–H groups in total. The van der Waals surface area contributed by atoms with Gasteiger partial charge in [-0.15, -0.1) is 0 Å². The van der Waals surface area contributed by atoms with Crippen molar-refractivity contribution < 1.29 is 22.1 Å². The normalized spacial score (nSPS) is 17.2. The van der Waals surface area contributed by atoms with E-state index < -0.39 is 25.8 Å². The second kappa shape index (κ2) is 6.00. The van der Waals surface area contributed by atoms with E-state index in [1.165, 1.54) is 42.5 Å². The topological polar surface area (TPSA) is 30.8 Å². The summed E-state index contributed by atoms with van der Waals surface area (Å²) in [6, 6.07) is 10.9. The maximum absolute atomic E-state index is 13.3. The minimum atomic E-state index is -2.85. The van der Waals surface area contributed by atoms with Crippen molar-refractivity contribution in [1.82, 2.24) is 0 Å². The van der Waals surface area contributed by atoms with Gasteiger partial charge < -0.3 is 9.47 Å². The van der Waals surface area contributed by atoms with E-state index in [-0.39, 0.29) is 17.0 Å². The molecule has 0 spiro atoms. The van der Waals surface area contributed by atoms with Crippen molar-refractivity contribution in [2.75, 3.05) is 14.1 Å². The number of benzene rings is 2. The molecule has 4 heteroatoms. The van der Waals surface area contributed by atoms with Gasteiger partial charge in [-0.3, -0.25) is 0 Å². The summed E-state index contributed by atoms with van der Waals surface area (Å²) in [6.07, 6.45) is 0. The van der Waals surface area contributed by atoms with Crippen LogP contribution in [0.4, 0.5) is 10.1 Å². The first kappa shape index (κ1) is 7.28. The Balaban J connectivity index is 2.53. The van der Waals surface area contributed by atoms with Gasteiger partial charge in [0.05, 0.1) is 33.6 Å². The maximum atomic E-state index is 13.3. The number of hydrogen-bond acceptors (Lipinski definition) is 3. The van der Waals surface area contributed by atoms with E-state index in [0.29, 0.717) is 0 Å². The summed E-state index contributed by atoms with van der Waals surface area (Å²) < 4.78 is 66.5. The molecule has 0 atom stereocenters. The third kappa shape index (κ3) is 3.10. The standard InChI is InChI=1S/C15H14FNO2/c1-18-14-9-4-3-8-13(14)15(19-2)17-12-7-5-6-11(16)10-12/h3-10H,1-2H3/i1D3,2D3. The van der Waals surface area contributed by atoms with Crippen LogP contribution >= 0.6 is 0 Å². The summed E-state index contributed by atoms with van der Waals surface area (Å²) in [5.74, 6) is -1.12. The Kier molecular flexibility index (Phi) is 2.30. The van der Waals surface area contributed by atoms with Gasteiger partial charge in [-0.1, -0.05) is 18.2 Å². The lowest BCUT2D eigenvalue weighted by Gasteiger charge is -2.09. The predicted octanol–water partition coefficient (Wildman–Crippen LogP) is 3.56. The Bertz CT molecular complexity index is 773. The third-order valence-electron chi connectivity index (χ3n) is 2.36. The molecule has 0 aliphatic carbocycles. The Morgan fingerprint density at radius 2 is 2.05 bits per heavy atom. The summed E-state index contributed by atoms with van der Waals surface area (Å²) >= 11 is 0. The van der Waals surface area contributed by atoms with Crippen LogP contribution in [0.2, 0.25) is 0 Å². The van der Waals surface area contributed by atoms with E-state index in [9.17, 15) is 4.39 Å². The number of nitrogens with zero attached hydrogens (tertiary/aromatic N) is 1. The molecule has 0 saturated carbocycles. The lowest BCUT2D eigenvalue weighted by molar-refractivity contribution is 0.390. The van der Waals surface area contributed by atoms with Gasteiger partial charge in [0.15, 0.2) is 0 Å². The number of para-hydroxylation sites is 1. The highest BCUT2D eigenvalue weighted by molar-refractivity contribution is 5.98. The third-order valence-corrected chi connectivity index (χ3v) is 2.36. The Morgan fingerprint density at radius 1 is 1.16 bits per heavy atom. The fourth-order valence-electron chi connectivity index (χ4n) is 1.53. The summed E-state index contributed by atoms with van der Waals surface area (Å²) in [7, 11) is -5.60. The number of ether oxygens (including phenoxy) is 2. The highest BCUT2D eigenvalue weighted by Gasteiger charge is 2.10. The van der Waals surface area contributed by atoms with Crippen molar-refractivity contribution >= 4 is 11.6 Å². The second-order valence-corrected chi connectivity index (χ2v) is 3.60. The van der Waals surface area contributed by atoms with Crippen LogP contribution in [0.5, 0.6) is 5.75 Å². The summed E-state index contributed by atoms with van der Waals surface area (Å²) in [5, 5.41) is 0. The molecule has 0 aliphatic heterocycles. The van der Waals surface area contributed by atoms with Gasteiger partial charge in [0.2, 0.25) is 5.90 Å². The first-order valence-corrected chi connectivity index (χ1v) is 5.35. The van der Waals surface area contributed by atoms with Crippen molar-refractivity contribution in [3.8, 4) is 5.75 Å². The van der Waals surface area contributed by atoms with Crippen LogP contribution in [0.3, 0.4) is 0 Å². The lowest BCUT2D eigenvalue weighted by Crippen LogP contribution is -2.05. The molecule has 0 heterocycles. The first-order valence-electron chi connectivity index (χ1n) is 8.35. The molecule has 0 aliphatic rings. The van der Waals surface area contributed by atoms with Gasteiger partial charge >= 0.3 is 0 Å². The Labute approximate surface area is 119 Å². The fourth-order valence-corrected chi connectivity index (χ4v) is 1.53. The number of hydrogen-bond donors (Lipinski definition) is 0. The van der Waals surface area contributed by atoms with E-state index in [1.54, 1.807) is 0 Å². The minimum Gasteiger partial charge on any atom is -0.496 e. The van der Waals surface area contributed by atoms with Crippen molar-refractivity contribution in [2.24, 2.45) is 4.99 Å². The van der Waals surface area contributed by atoms with E-state index in [0.717, 1.165) is 6.07 Å². The van der Waals surface area contributed by atoms with Gasteiger partial charge in [-0.05, 0) is 30.3 Å². The van der Waals surface area contributed by atoms with Crippen LogP contribution in [0.25, 0.3) is 0 Å². The lowest BCUT2D eigenvalue weighted by atomic mass is 10.2. The molecular weight excluding hydrogens is 245 g/mol. The number of rotatable bonds is 3. The molecule has 98 valence electrons. The molecule has 0 unspecified atom stereocenters. The molecule has 0 saturated heterocycles. The number of aliphatic imine (C=N–C) groups is 1. The molecule has 0 amide bonds. The van der Waals surface area contributed by atoms with Crippen molar-refractivity contribution in [1.29, 1.82) is 0 Å². The minimum absolute atomic E-state index is 0.0130. The van der Waals surface area contributed by atoms with Gasteiger partial charge in [-0.25, -0.2) is 9.38 Å². The number of methoxy groups -OCH3 is 2. The molecule has 2 rings (SSSR count). The summed E-state index contributed by atoms with van der Waals surface area (Å²) in [5.41, 5.74) is 0.113. The Morgan fingerprint density at radius 3 is 2.84 bits per heavy atom. The van der Waals surface area contributed by atoms with E-state index >= 15 is 0 Å². The summed E-state index contributed by atoms with van der Waals surface area (Å²) in [4.78, 5) is 4.00. The van der Waals surface area contributed by atoms with Crippen LogP contribution in [0, 0.1) is 5.82 Å². The van der Waals surface area contributed by atoms with Crippen LogP contribution < -0.4 is 4.74 Å². The van der Waals surface area contributed by atoms with Crippen LogP contribution in [-0.2, 0) is 4.74 Å². The zero-order valence-corrected chi connectivity index (χ0v) is 9.76. The largest absolute Gasteiger partial charge is 0.496 e. The molecular formula is C15H14FNO2. The van der Waals surface area contributed by atoms with Crippen LogP contribution in [0.1, 0.15) is 13.8 Å². The SMILES string of the molecule is [2H]C([2H])([2H])OC(=Nc1cccc(F)c1)c1ccccc1OC([2H])([2H])[2H]. The molecule has 2 aromatic carbocycles. The van der Waals surface area contributed by atoms with Crippen LogP contribution in [0.15, 0.2) is 53.5 Å². The van der Waals surface area contributed by atoms with Crippen molar-refractivity contribution in [3.63, 3.8) is 0 Å². The Hall–Kier alpha value is -2.36. The predicted molar refractivity (Wildman–Crippen MR) is 72.6 cm³/mol. The fraction of sp³-hybridized carbons (Fsp3) is 0.133. The van der Waals surface area contributed by atoms with E-state index in [2.05, 4.69) is 4.99 Å². The van der Waals surface area contributed by atoms with Crippen molar-refractivity contribution in [3.05, 3.63) is 59.9 Å². The zero-order chi connectivity index (χ0) is 18.7. The van der Waals surface area contributed by atoms with Gasteiger partial charge in [0, 0.05) is 0 Å².